The molecule has 0 unspecified atom stereocenters. The van der Waals surface area contributed by atoms with Crippen molar-refractivity contribution in [2.24, 2.45) is 5.41 Å². The van der Waals surface area contributed by atoms with Crippen LogP contribution in [0.25, 0.3) is 0 Å². The van der Waals surface area contributed by atoms with Crippen molar-refractivity contribution < 1.29 is 4.79 Å². The molecule has 1 fully saturated rings. The molecule has 0 spiro atoms. The molecule has 1 heterocycles. The third kappa shape index (κ3) is 3.45. The summed E-state index contributed by atoms with van der Waals surface area (Å²) in [5, 5.41) is 3.84. The van der Waals surface area contributed by atoms with Crippen LogP contribution in [0.5, 0.6) is 0 Å². The Labute approximate surface area is 126 Å². The van der Waals surface area contributed by atoms with Gasteiger partial charge in [-0.25, -0.2) is 0 Å². The molecule has 1 N–H and O–H groups in total. The summed E-state index contributed by atoms with van der Waals surface area (Å²) in [4.78, 5) is 14.7. The smallest absolute Gasteiger partial charge is 0.256 e. The van der Waals surface area contributed by atoms with Crippen LogP contribution in [-0.2, 0) is 0 Å². The molecule has 1 aliphatic heterocycles. The van der Waals surface area contributed by atoms with E-state index in [0.29, 0.717) is 10.6 Å². The molecule has 1 aliphatic rings. The molecule has 1 amide bonds. The van der Waals surface area contributed by atoms with Crippen molar-refractivity contribution >= 4 is 23.2 Å². The summed E-state index contributed by atoms with van der Waals surface area (Å²) in [6.07, 6.45) is 2.24. The van der Waals surface area contributed by atoms with Gasteiger partial charge in [-0.1, -0.05) is 25.4 Å². The molecule has 0 atom stereocenters. The highest BCUT2D eigenvalue weighted by Gasteiger charge is 2.30. The zero-order valence-electron chi connectivity index (χ0n) is 12.5. The Bertz CT molecular complexity index is 499. The molecular weight excluding hydrogens is 272 g/mol. The zero-order valence-corrected chi connectivity index (χ0v) is 13.3. The van der Waals surface area contributed by atoms with Crippen molar-refractivity contribution in [2.75, 3.05) is 25.0 Å². The fraction of sp³-hybridized carbons (Fsp3) is 0.562. The number of amides is 1. The predicted octanol–water partition coefficient (Wildman–Crippen LogP) is 4.03. The molecule has 0 saturated carbocycles. The third-order valence-corrected chi connectivity index (χ3v) is 4.00. The molecule has 20 heavy (non-hydrogen) atoms. The molecule has 0 aromatic heterocycles. The van der Waals surface area contributed by atoms with Crippen molar-refractivity contribution in [3.8, 4) is 0 Å². The van der Waals surface area contributed by atoms with Crippen LogP contribution in [0.1, 0.15) is 44.0 Å². The van der Waals surface area contributed by atoms with E-state index in [1.165, 1.54) is 6.42 Å². The first kappa shape index (κ1) is 15.2. The van der Waals surface area contributed by atoms with E-state index >= 15 is 0 Å². The van der Waals surface area contributed by atoms with Crippen LogP contribution in [0.4, 0.5) is 5.69 Å². The van der Waals surface area contributed by atoms with Crippen LogP contribution in [-0.4, -0.2) is 30.4 Å². The number of carbonyl (C=O) groups excluding carboxylic acids is 1. The van der Waals surface area contributed by atoms with E-state index < -0.39 is 0 Å². The number of carbonyl (C=O) groups is 1. The average Bonchev–Trinajstić information content (AvgIpc) is 2.39. The summed E-state index contributed by atoms with van der Waals surface area (Å²) in [6.45, 7) is 8.88. The van der Waals surface area contributed by atoms with Crippen LogP contribution in [0.15, 0.2) is 18.2 Å². The topological polar surface area (TPSA) is 32.3 Å². The fourth-order valence-electron chi connectivity index (χ4n) is 2.80. The van der Waals surface area contributed by atoms with Gasteiger partial charge in [0, 0.05) is 30.3 Å². The normalized spacial score (nSPS) is 17.9. The van der Waals surface area contributed by atoms with Crippen molar-refractivity contribution in [3.63, 3.8) is 0 Å². The van der Waals surface area contributed by atoms with Crippen LogP contribution in [0.3, 0.4) is 0 Å². The zero-order chi connectivity index (χ0) is 14.8. The molecule has 1 aromatic rings. The maximum atomic E-state index is 12.8. The first-order valence-electron chi connectivity index (χ1n) is 7.25. The van der Waals surface area contributed by atoms with E-state index in [9.17, 15) is 4.79 Å². The Morgan fingerprint density at radius 3 is 2.85 bits per heavy atom. The average molecular weight is 295 g/mol. The minimum absolute atomic E-state index is 0.0798. The molecule has 0 bridgehead atoms. The highest BCUT2D eigenvalue weighted by molar-refractivity contribution is 6.31. The molecule has 1 saturated heterocycles. The minimum atomic E-state index is 0.0798. The second-order valence-corrected chi connectivity index (χ2v) is 6.65. The van der Waals surface area contributed by atoms with Gasteiger partial charge in [-0.15, -0.1) is 0 Å². The number of piperidine rings is 1. The molecule has 3 nitrogen and oxygen atoms in total. The third-order valence-electron chi connectivity index (χ3n) is 3.77. The summed E-state index contributed by atoms with van der Waals surface area (Å²) in [5.41, 5.74) is 1.74. The molecule has 2 rings (SSSR count). The van der Waals surface area contributed by atoms with Crippen LogP contribution >= 0.6 is 11.6 Å². The van der Waals surface area contributed by atoms with Gasteiger partial charge >= 0.3 is 0 Å². The van der Waals surface area contributed by atoms with Gasteiger partial charge in [0.15, 0.2) is 0 Å². The second-order valence-electron chi connectivity index (χ2n) is 6.21. The van der Waals surface area contributed by atoms with Gasteiger partial charge in [-0.3, -0.25) is 4.79 Å². The van der Waals surface area contributed by atoms with Gasteiger partial charge in [0.2, 0.25) is 0 Å². The number of halogens is 1. The Hall–Kier alpha value is -1.22. The van der Waals surface area contributed by atoms with Gasteiger partial charge in [0.25, 0.3) is 5.91 Å². The summed E-state index contributed by atoms with van der Waals surface area (Å²) < 4.78 is 0. The van der Waals surface area contributed by atoms with Crippen molar-refractivity contribution in [1.82, 2.24) is 4.90 Å². The van der Waals surface area contributed by atoms with Gasteiger partial charge in [-0.2, -0.15) is 0 Å². The van der Waals surface area contributed by atoms with Gasteiger partial charge in [0.1, 0.15) is 0 Å². The molecule has 1 aromatic carbocycles. The lowest BCUT2D eigenvalue weighted by Gasteiger charge is -2.38. The van der Waals surface area contributed by atoms with Crippen LogP contribution < -0.4 is 5.32 Å². The maximum Gasteiger partial charge on any atom is 0.256 e. The summed E-state index contributed by atoms with van der Waals surface area (Å²) in [5.74, 6) is 0.0798. The van der Waals surface area contributed by atoms with Crippen LogP contribution in [0, 0.1) is 5.41 Å². The van der Waals surface area contributed by atoms with E-state index in [1.54, 1.807) is 6.07 Å². The lowest BCUT2D eigenvalue weighted by molar-refractivity contribution is 0.0584. The predicted molar refractivity (Wildman–Crippen MR) is 84.5 cm³/mol. The van der Waals surface area contributed by atoms with Gasteiger partial charge in [-0.05, 0) is 43.4 Å². The summed E-state index contributed by atoms with van der Waals surface area (Å²) in [7, 11) is 0. The maximum absolute atomic E-state index is 12.8. The van der Waals surface area contributed by atoms with Crippen molar-refractivity contribution in [2.45, 2.75) is 33.6 Å². The number of nitrogens with one attached hydrogen (secondary N) is 1. The van der Waals surface area contributed by atoms with Crippen molar-refractivity contribution in [3.05, 3.63) is 28.8 Å². The standard InChI is InChI=1S/C16H23ClN2O/c1-4-18-14-7-6-12(17)10-13(14)15(20)19-9-5-8-16(2,3)11-19/h6-7,10,18H,4-5,8-9,11H2,1-3H3. The number of anilines is 1. The molecular formula is C16H23ClN2O. The minimum Gasteiger partial charge on any atom is -0.385 e. The van der Waals surface area contributed by atoms with E-state index in [2.05, 4.69) is 19.2 Å². The Morgan fingerprint density at radius 2 is 2.20 bits per heavy atom. The lowest BCUT2D eigenvalue weighted by atomic mass is 9.84. The van der Waals surface area contributed by atoms with Gasteiger partial charge in [0.05, 0.1) is 5.56 Å². The van der Waals surface area contributed by atoms with E-state index in [-0.39, 0.29) is 11.3 Å². The molecule has 0 radical (unpaired) electrons. The highest BCUT2D eigenvalue weighted by atomic mass is 35.5. The lowest BCUT2D eigenvalue weighted by Crippen LogP contribution is -2.43. The number of nitrogens with zero attached hydrogens (tertiary/aromatic N) is 1. The quantitative estimate of drug-likeness (QED) is 0.913. The fourth-order valence-corrected chi connectivity index (χ4v) is 2.98. The monoisotopic (exact) mass is 294 g/mol. The molecule has 4 heteroatoms. The summed E-state index contributed by atoms with van der Waals surface area (Å²) >= 11 is 6.06. The number of benzene rings is 1. The number of rotatable bonds is 3. The van der Waals surface area contributed by atoms with E-state index in [4.69, 9.17) is 11.6 Å². The van der Waals surface area contributed by atoms with E-state index in [0.717, 1.165) is 31.7 Å². The largest absolute Gasteiger partial charge is 0.385 e. The Balaban J connectivity index is 2.26. The van der Waals surface area contributed by atoms with E-state index in [1.807, 2.05) is 24.0 Å². The number of likely N-dealkylation sites (tertiary alicyclic amines) is 1. The van der Waals surface area contributed by atoms with Gasteiger partial charge < -0.3 is 10.2 Å². The Kier molecular flexibility index (Phi) is 4.59. The second kappa shape index (κ2) is 6.04. The SMILES string of the molecule is CCNc1ccc(Cl)cc1C(=O)N1CCCC(C)(C)C1. The van der Waals surface area contributed by atoms with Crippen LogP contribution in [0.2, 0.25) is 5.02 Å². The first-order valence-corrected chi connectivity index (χ1v) is 7.63. The summed E-state index contributed by atoms with van der Waals surface area (Å²) in [6, 6.07) is 5.47. The molecule has 0 aliphatic carbocycles. The van der Waals surface area contributed by atoms with Crippen molar-refractivity contribution in [1.29, 1.82) is 0 Å². The molecule has 110 valence electrons. The first-order chi connectivity index (χ1) is 9.43. The number of hydrogen-bond donors (Lipinski definition) is 1. The highest BCUT2D eigenvalue weighted by Crippen LogP contribution is 2.30. The number of hydrogen-bond acceptors (Lipinski definition) is 2. The Morgan fingerprint density at radius 1 is 1.45 bits per heavy atom.